The predicted molar refractivity (Wildman–Crippen MR) is 123 cm³/mol. The lowest BCUT2D eigenvalue weighted by Crippen LogP contribution is -2.48. The molecule has 3 atom stereocenters. The monoisotopic (exact) mass is 470 g/mol. The molecule has 3 aromatic rings. The van der Waals surface area contributed by atoms with Crippen molar-refractivity contribution in [2.75, 3.05) is 30.4 Å². The molecule has 180 valence electrons. The number of ether oxygens (including phenoxy) is 2. The number of fused-ring (bicyclic) bond motifs is 2. The van der Waals surface area contributed by atoms with Crippen molar-refractivity contribution in [1.29, 1.82) is 0 Å². The summed E-state index contributed by atoms with van der Waals surface area (Å²) in [5, 5.41) is 8.11. The molecule has 0 radical (unpaired) electrons. The third-order valence-electron chi connectivity index (χ3n) is 6.56. The maximum absolute atomic E-state index is 13.6. The molecule has 1 saturated heterocycles. The maximum Gasteiger partial charge on any atom is 0.322 e. The fraction of sp³-hybridized carbons (Fsp3) is 0.458. The molecule has 5 rings (SSSR count). The van der Waals surface area contributed by atoms with Gasteiger partial charge in [-0.15, -0.1) is 5.10 Å². The van der Waals surface area contributed by atoms with E-state index in [2.05, 4.69) is 25.3 Å². The average Bonchev–Trinajstić information content (AvgIpc) is 3.29. The molecule has 2 aromatic heterocycles. The van der Waals surface area contributed by atoms with Gasteiger partial charge in [-0.1, -0.05) is 0 Å². The van der Waals surface area contributed by atoms with Gasteiger partial charge >= 0.3 is 6.01 Å². The van der Waals surface area contributed by atoms with Crippen LogP contribution < -0.4 is 19.7 Å². The van der Waals surface area contributed by atoms with Crippen LogP contribution in [0.25, 0.3) is 0 Å². The first kappa shape index (κ1) is 22.4. The third kappa shape index (κ3) is 4.49. The third-order valence-corrected chi connectivity index (χ3v) is 6.56. The van der Waals surface area contributed by atoms with Gasteiger partial charge in [0.1, 0.15) is 17.4 Å². The van der Waals surface area contributed by atoms with Crippen LogP contribution in [0.3, 0.4) is 0 Å². The number of rotatable bonds is 7. The molecule has 1 aromatic carbocycles. The Bertz CT molecular complexity index is 1140. The van der Waals surface area contributed by atoms with Crippen LogP contribution in [0.5, 0.6) is 17.6 Å². The first-order valence-corrected chi connectivity index (χ1v) is 11.5. The minimum atomic E-state index is -0.709. The lowest BCUT2D eigenvalue weighted by atomic mass is 9.92. The highest BCUT2D eigenvalue weighted by Gasteiger charge is 2.42. The van der Waals surface area contributed by atoms with Crippen LogP contribution >= 0.6 is 0 Å². The first-order chi connectivity index (χ1) is 16.4. The molecule has 1 saturated carbocycles. The Morgan fingerprint density at radius 1 is 1.06 bits per heavy atom. The average molecular weight is 471 g/mol. The number of hydrogen-bond acceptors (Lipinski definition) is 7. The minimum absolute atomic E-state index is 0.0412. The zero-order chi connectivity index (χ0) is 23.8. The number of hydrogen-bond donors (Lipinski definition) is 1. The summed E-state index contributed by atoms with van der Waals surface area (Å²) < 4.78 is 39.8. The molecular formula is C24H28F2N6O2. The molecule has 0 amide bonds. The molecular weight excluding hydrogens is 442 g/mol. The van der Waals surface area contributed by atoms with E-state index in [-0.39, 0.29) is 23.8 Å². The summed E-state index contributed by atoms with van der Waals surface area (Å²) in [4.78, 5) is 11.1. The second-order valence-corrected chi connectivity index (χ2v) is 9.19. The zero-order valence-electron chi connectivity index (χ0n) is 19.4. The Morgan fingerprint density at radius 2 is 1.76 bits per heavy atom. The highest BCUT2D eigenvalue weighted by molar-refractivity contribution is 5.49. The quantitative estimate of drug-likeness (QED) is 0.538. The van der Waals surface area contributed by atoms with Gasteiger partial charge in [0.15, 0.2) is 0 Å². The molecule has 2 aliphatic rings. The van der Waals surface area contributed by atoms with Crippen molar-refractivity contribution >= 4 is 11.6 Å². The normalized spacial score (nSPS) is 21.7. The van der Waals surface area contributed by atoms with Gasteiger partial charge in [-0.25, -0.2) is 18.4 Å². The SMILES string of the molecule is COc1cc(N2C[C@H]3CC[C@@H](C2)[C@H]3Nc2nc(Oc3cc(F)cc(F)c3)n(C(C)C)n2)ccn1. The lowest BCUT2D eigenvalue weighted by molar-refractivity contribution is 0.371. The molecule has 1 aliphatic heterocycles. The van der Waals surface area contributed by atoms with E-state index in [1.54, 1.807) is 18.0 Å². The first-order valence-electron chi connectivity index (χ1n) is 11.5. The number of pyridine rings is 1. The summed E-state index contributed by atoms with van der Waals surface area (Å²) in [5.74, 6) is 0.564. The number of aromatic nitrogens is 4. The molecule has 34 heavy (non-hydrogen) atoms. The van der Waals surface area contributed by atoms with E-state index in [1.165, 1.54) is 0 Å². The number of halogens is 2. The maximum atomic E-state index is 13.6. The van der Waals surface area contributed by atoms with Crippen LogP contribution in [0.2, 0.25) is 0 Å². The Balaban J connectivity index is 1.32. The molecule has 10 heteroatoms. The minimum Gasteiger partial charge on any atom is -0.481 e. The van der Waals surface area contributed by atoms with Crippen molar-refractivity contribution in [2.45, 2.75) is 38.8 Å². The molecule has 8 nitrogen and oxygen atoms in total. The standard InChI is InChI=1S/C24H28F2N6O2/c1-14(2)32-24(34-20-9-17(25)8-18(26)10-20)29-23(30-32)28-22-15-4-5-16(22)13-31(12-15)19-6-7-27-21(11-19)33-3/h6-11,14-16,22H,4-5,12-13H2,1-3H3,(H,28,30)/t15-,16+,22+. The van der Waals surface area contributed by atoms with Crippen LogP contribution in [0.1, 0.15) is 32.7 Å². The Labute approximate surface area is 196 Å². The van der Waals surface area contributed by atoms with Gasteiger partial charge in [0.25, 0.3) is 0 Å². The van der Waals surface area contributed by atoms with Gasteiger partial charge in [0, 0.05) is 55.3 Å². The van der Waals surface area contributed by atoms with Gasteiger partial charge in [-0.2, -0.15) is 4.98 Å². The summed E-state index contributed by atoms with van der Waals surface area (Å²) in [6.07, 6.45) is 4.02. The van der Waals surface area contributed by atoms with Crippen molar-refractivity contribution in [1.82, 2.24) is 19.7 Å². The summed E-state index contributed by atoms with van der Waals surface area (Å²) in [6.45, 7) is 5.72. The van der Waals surface area contributed by atoms with Gasteiger partial charge in [0.05, 0.1) is 13.2 Å². The largest absolute Gasteiger partial charge is 0.481 e. The number of nitrogens with zero attached hydrogens (tertiary/aromatic N) is 5. The number of methoxy groups -OCH3 is 1. The van der Waals surface area contributed by atoms with Crippen LogP contribution in [0.4, 0.5) is 20.4 Å². The van der Waals surface area contributed by atoms with Crippen LogP contribution in [0, 0.1) is 23.5 Å². The van der Waals surface area contributed by atoms with Gasteiger partial charge in [-0.05, 0) is 44.6 Å². The van der Waals surface area contributed by atoms with Gasteiger partial charge < -0.3 is 19.7 Å². The highest BCUT2D eigenvalue weighted by Crippen LogP contribution is 2.40. The van der Waals surface area contributed by atoms with E-state index in [0.29, 0.717) is 23.7 Å². The fourth-order valence-corrected chi connectivity index (χ4v) is 4.99. The molecule has 0 unspecified atom stereocenters. The van der Waals surface area contributed by atoms with E-state index in [9.17, 15) is 8.78 Å². The van der Waals surface area contributed by atoms with Crippen molar-refractivity contribution in [3.63, 3.8) is 0 Å². The van der Waals surface area contributed by atoms with Crippen LogP contribution in [-0.4, -0.2) is 46.0 Å². The second kappa shape index (κ2) is 9.08. The van der Waals surface area contributed by atoms with E-state index in [0.717, 1.165) is 49.8 Å². The molecule has 3 heterocycles. The predicted octanol–water partition coefficient (Wildman–Crippen LogP) is 4.66. The number of nitrogens with one attached hydrogen (secondary N) is 1. The molecule has 0 spiro atoms. The molecule has 1 aliphatic carbocycles. The smallest absolute Gasteiger partial charge is 0.322 e. The van der Waals surface area contributed by atoms with E-state index >= 15 is 0 Å². The zero-order valence-corrected chi connectivity index (χ0v) is 19.4. The van der Waals surface area contributed by atoms with E-state index in [4.69, 9.17) is 9.47 Å². The summed E-state index contributed by atoms with van der Waals surface area (Å²) >= 11 is 0. The number of benzene rings is 1. The molecule has 2 bridgehead atoms. The van der Waals surface area contributed by atoms with Gasteiger partial charge in [-0.3, -0.25) is 0 Å². The van der Waals surface area contributed by atoms with Crippen LogP contribution in [-0.2, 0) is 0 Å². The summed E-state index contributed by atoms with van der Waals surface area (Å²) in [7, 11) is 1.62. The fourth-order valence-electron chi connectivity index (χ4n) is 4.99. The Morgan fingerprint density at radius 3 is 2.41 bits per heavy atom. The van der Waals surface area contributed by atoms with Crippen molar-refractivity contribution < 1.29 is 18.3 Å². The Kier molecular flexibility index (Phi) is 5.97. The Hall–Kier alpha value is -3.43. The van der Waals surface area contributed by atoms with E-state index in [1.807, 2.05) is 26.0 Å². The lowest BCUT2D eigenvalue weighted by Gasteiger charge is -2.39. The summed E-state index contributed by atoms with van der Waals surface area (Å²) in [6, 6.07) is 7.42. The van der Waals surface area contributed by atoms with Gasteiger partial charge in [0.2, 0.25) is 11.8 Å². The molecule has 1 N–H and O–H groups in total. The topological polar surface area (TPSA) is 77.3 Å². The number of anilines is 2. The van der Waals surface area contributed by atoms with Crippen molar-refractivity contribution in [2.24, 2.45) is 11.8 Å². The van der Waals surface area contributed by atoms with Crippen LogP contribution in [0.15, 0.2) is 36.5 Å². The van der Waals surface area contributed by atoms with Crippen molar-refractivity contribution in [3.8, 4) is 17.6 Å². The second-order valence-electron chi connectivity index (χ2n) is 9.19. The van der Waals surface area contributed by atoms with E-state index < -0.39 is 11.6 Å². The number of piperidine rings is 1. The molecule has 2 fully saturated rings. The van der Waals surface area contributed by atoms with Crippen molar-refractivity contribution in [3.05, 3.63) is 48.2 Å². The highest BCUT2D eigenvalue weighted by atomic mass is 19.1. The summed E-state index contributed by atoms with van der Waals surface area (Å²) in [5.41, 5.74) is 1.11.